The molecule has 0 aliphatic carbocycles. The Labute approximate surface area is 214 Å². The SMILES string of the molecule is CSCCC(NC(=O)C(CC(C)C)NC(=O)C(CCSC)NC(=O)C(N)Cc1cnc[nH]1)C(=O)O. The zero-order chi connectivity index (χ0) is 26.4. The van der Waals surface area contributed by atoms with Gasteiger partial charge in [0.2, 0.25) is 17.7 Å². The standard InChI is InChI=1S/C22H38N6O5S2/c1-13(2)9-18(21(31)27-17(22(32)33)6-8-35-4)28-20(30)16(5-7-34-3)26-19(29)15(23)10-14-11-24-12-25-14/h11-13,15-18H,5-10,23H2,1-4H3,(H,24,25)(H,26,29)(H,27,31)(H,28,30)(H,32,33). The molecule has 0 radical (unpaired) electrons. The van der Waals surface area contributed by atoms with Crippen LogP contribution in [-0.2, 0) is 25.6 Å². The van der Waals surface area contributed by atoms with Gasteiger partial charge in [0, 0.05) is 18.3 Å². The number of aromatic nitrogens is 2. The van der Waals surface area contributed by atoms with Crippen molar-refractivity contribution in [2.75, 3.05) is 24.0 Å². The van der Waals surface area contributed by atoms with E-state index >= 15 is 0 Å². The minimum absolute atomic E-state index is 0.0580. The molecule has 7 N–H and O–H groups in total. The van der Waals surface area contributed by atoms with E-state index in [2.05, 4.69) is 25.9 Å². The van der Waals surface area contributed by atoms with Crippen LogP contribution in [0.4, 0.5) is 0 Å². The molecule has 13 heteroatoms. The zero-order valence-electron chi connectivity index (χ0n) is 20.7. The van der Waals surface area contributed by atoms with Crippen molar-refractivity contribution in [1.29, 1.82) is 0 Å². The Morgan fingerprint density at radius 2 is 1.51 bits per heavy atom. The molecule has 0 saturated carbocycles. The highest BCUT2D eigenvalue weighted by molar-refractivity contribution is 7.98. The molecule has 3 amide bonds. The van der Waals surface area contributed by atoms with E-state index in [9.17, 15) is 24.3 Å². The summed E-state index contributed by atoms with van der Waals surface area (Å²) in [7, 11) is 0. The summed E-state index contributed by atoms with van der Waals surface area (Å²) < 4.78 is 0. The third-order valence-corrected chi connectivity index (χ3v) is 6.43. The third kappa shape index (κ3) is 11.8. The third-order valence-electron chi connectivity index (χ3n) is 5.14. The van der Waals surface area contributed by atoms with Gasteiger partial charge < -0.3 is 31.8 Å². The molecule has 0 spiro atoms. The van der Waals surface area contributed by atoms with Crippen LogP contribution in [0.1, 0.15) is 38.8 Å². The molecular weight excluding hydrogens is 492 g/mol. The van der Waals surface area contributed by atoms with Gasteiger partial charge in [-0.15, -0.1) is 0 Å². The minimum Gasteiger partial charge on any atom is -0.480 e. The van der Waals surface area contributed by atoms with Crippen molar-refractivity contribution >= 4 is 47.2 Å². The molecular formula is C22H38N6O5S2. The van der Waals surface area contributed by atoms with Crippen LogP contribution >= 0.6 is 23.5 Å². The van der Waals surface area contributed by atoms with Gasteiger partial charge in [0.05, 0.1) is 12.4 Å². The first-order valence-corrected chi connectivity index (χ1v) is 14.2. The monoisotopic (exact) mass is 530 g/mol. The number of carboxylic acid groups (broad SMARTS) is 1. The van der Waals surface area contributed by atoms with Crippen molar-refractivity contribution in [2.24, 2.45) is 11.7 Å². The number of carbonyl (C=O) groups excluding carboxylic acids is 3. The predicted octanol–water partition coefficient (Wildman–Crippen LogP) is 0.371. The Kier molecular flexibility index (Phi) is 14.4. The normalized spacial score (nSPS) is 14.6. The molecule has 1 aromatic heterocycles. The number of aromatic amines is 1. The van der Waals surface area contributed by atoms with Crippen LogP contribution < -0.4 is 21.7 Å². The number of carboxylic acids is 1. The number of hydrogen-bond donors (Lipinski definition) is 6. The summed E-state index contributed by atoms with van der Waals surface area (Å²) in [4.78, 5) is 57.0. The van der Waals surface area contributed by atoms with Crippen LogP contribution in [0.25, 0.3) is 0 Å². The summed E-state index contributed by atoms with van der Waals surface area (Å²) >= 11 is 3.00. The summed E-state index contributed by atoms with van der Waals surface area (Å²) in [5.74, 6) is -1.47. The van der Waals surface area contributed by atoms with Crippen molar-refractivity contribution in [1.82, 2.24) is 25.9 Å². The van der Waals surface area contributed by atoms with Crippen molar-refractivity contribution in [3.05, 3.63) is 18.2 Å². The van der Waals surface area contributed by atoms with E-state index in [4.69, 9.17) is 5.73 Å². The summed E-state index contributed by atoms with van der Waals surface area (Å²) in [6.07, 6.45) is 7.96. The van der Waals surface area contributed by atoms with Gasteiger partial charge in [0.15, 0.2) is 0 Å². The van der Waals surface area contributed by atoms with Crippen molar-refractivity contribution in [3.63, 3.8) is 0 Å². The molecule has 0 bridgehead atoms. The Morgan fingerprint density at radius 3 is 2.03 bits per heavy atom. The predicted molar refractivity (Wildman–Crippen MR) is 139 cm³/mol. The highest BCUT2D eigenvalue weighted by Gasteiger charge is 2.30. The largest absolute Gasteiger partial charge is 0.480 e. The van der Waals surface area contributed by atoms with Crippen LogP contribution in [-0.4, -0.2) is 86.9 Å². The molecule has 4 unspecified atom stereocenters. The number of nitrogens with two attached hydrogens (primary N) is 1. The van der Waals surface area contributed by atoms with Gasteiger partial charge in [0.25, 0.3) is 0 Å². The van der Waals surface area contributed by atoms with Crippen LogP contribution in [0.5, 0.6) is 0 Å². The molecule has 35 heavy (non-hydrogen) atoms. The number of amides is 3. The number of imidazole rings is 1. The van der Waals surface area contributed by atoms with Gasteiger partial charge in [-0.1, -0.05) is 13.8 Å². The average Bonchev–Trinajstić information content (AvgIpc) is 3.30. The fourth-order valence-corrected chi connectivity index (χ4v) is 4.19. The molecule has 198 valence electrons. The smallest absolute Gasteiger partial charge is 0.326 e. The topological polar surface area (TPSA) is 179 Å². The first kappa shape index (κ1) is 30.8. The summed E-state index contributed by atoms with van der Waals surface area (Å²) in [6, 6.07) is -3.76. The highest BCUT2D eigenvalue weighted by Crippen LogP contribution is 2.09. The van der Waals surface area contributed by atoms with E-state index in [1.807, 2.05) is 26.4 Å². The molecule has 0 aromatic carbocycles. The summed E-state index contributed by atoms with van der Waals surface area (Å²) in [6.45, 7) is 3.80. The first-order valence-electron chi connectivity index (χ1n) is 11.4. The number of rotatable bonds is 17. The van der Waals surface area contributed by atoms with Crippen molar-refractivity contribution in [3.8, 4) is 0 Å². The molecule has 1 heterocycles. The van der Waals surface area contributed by atoms with Gasteiger partial charge >= 0.3 is 5.97 Å². The maximum absolute atomic E-state index is 13.1. The van der Waals surface area contributed by atoms with Gasteiger partial charge in [-0.2, -0.15) is 23.5 Å². The van der Waals surface area contributed by atoms with E-state index in [1.54, 1.807) is 6.20 Å². The maximum Gasteiger partial charge on any atom is 0.326 e. The Bertz CT molecular complexity index is 808. The maximum atomic E-state index is 13.1. The highest BCUT2D eigenvalue weighted by atomic mass is 32.2. The fourth-order valence-electron chi connectivity index (χ4n) is 3.25. The first-order chi connectivity index (χ1) is 16.6. The number of nitrogens with one attached hydrogen (secondary N) is 4. The molecule has 1 aromatic rings. The van der Waals surface area contributed by atoms with Gasteiger partial charge in [-0.3, -0.25) is 14.4 Å². The van der Waals surface area contributed by atoms with Gasteiger partial charge in [-0.05, 0) is 49.2 Å². The summed E-state index contributed by atoms with van der Waals surface area (Å²) in [5.41, 5.74) is 6.70. The van der Waals surface area contributed by atoms with Crippen LogP contribution in [0, 0.1) is 5.92 Å². The number of aliphatic carboxylic acids is 1. The fraction of sp³-hybridized carbons (Fsp3) is 0.682. The second-order valence-electron chi connectivity index (χ2n) is 8.60. The number of carbonyl (C=O) groups is 4. The van der Waals surface area contributed by atoms with Gasteiger partial charge in [0.1, 0.15) is 18.1 Å². The minimum atomic E-state index is -1.13. The zero-order valence-corrected chi connectivity index (χ0v) is 22.3. The second kappa shape index (κ2) is 16.4. The lowest BCUT2D eigenvalue weighted by Crippen LogP contribution is -2.57. The number of nitrogens with zero attached hydrogens (tertiary/aromatic N) is 1. The lowest BCUT2D eigenvalue weighted by molar-refractivity contribution is -0.142. The van der Waals surface area contributed by atoms with Crippen molar-refractivity contribution < 1.29 is 24.3 Å². The second-order valence-corrected chi connectivity index (χ2v) is 10.6. The number of thioether (sulfide) groups is 2. The summed E-state index contributed by atoms with van der Waals surface area (Å²) in [5, 5.41) is 17.4. The van der Waals surface area contributed by atoms with E-state index in [0.29, 0.717) is 30.0 Å². The Morgan fingerprint density at radius 1 is 0.971 bits per heavy atom. The quantitative estimate of drug-likeness (QED) is 0.166. The Balaban J connectivity index is 2.90. The van der Waals surface area contributed by atoms with E-state index < -0.39 is 47.9 Å². The average molecular weight is 531 g/mol. The van der Waals surface area contributed by atoms with Gasteiger partial charge in [-0.25, -0.2) is 9.78 Å². The molecule has 0 aliphatic heterocycles. The molecule has 11 nitrogen and oxygen atoms in total. The Hall–Kier alpha value is -2.25. The lowest BCUT2D eigenvalue weighted by atomic mass is 10.0. The van der Waals surface area contributed by atoms with Crippen LogP contribution in [0.3, 0.4) is 0 Å². The lowest BCUT2D eigenvalue weighted by Gasteiger charge is -2.26. The molecule has 1 rings (SSSR count). The van der Waals surface area contributed by atoms with E-state index in [-0.39, 0.29) is 18.8 Å². The van der Waals surface area contributed by atoms with E-state index in [1.165, 1.54) is 29.9 Å². The number of hydrogen-bond acceptors (Lipinski definition) is 8. The molecule has 0 aliphatic rings. The van der Waals surface area contributed by atoms with E-state index in [0.717, 1.165) is 0 Å². The van der Waals surface area contributed by atoms with Crippen LogP contribution in [0.15, 0.2) is 12.5 Å². The number of H-pyrrole nitrogens is 1. The molecule has 4 atom stereocenters. The molecule has 0 saturated heterocycles. The van der Waals surface area contributed by atoms with Crippen LogP contribution in [0.2, 0.25) is 0 Å². The molecule has 0 fully saturated rings. The van der Waals surface area contributed by atoms with Crippen molar-refractivity contribution in [2.45, 2.75) is 63.7 Å².